The molecule has 3 N–H and O–H groups in total. The zero-order valence-electron chi connectivity index (χ0n) is 9.83. The first kappa shape index (κ1) is 12.0. The maximum atomic E-state index is 5.70. The predicted octanol–water partition coefficient (Wildman–Crippen LogP) is 4.11. The van der Waals surface area contributed by atoms with Gasteiger partial charge in [-0.25, -0.2) is 0 Å². The molecule has 2 rings (SSSR count). The van der Waals surface area contributed by atoms with Gasteiger partial charge in [0.15, 0.2) is 0 Å². The van der Waals surface area contributed by atoms with Crippen LogP contribution in [0, 0.1) is 6.92 Å². The molecule has 0 aliphatic carbocycles. The molecule has 4 heteroatoms. The van der Waals surface area contributed by atoms with Crippen molar-refractivity contribution in [2.75, 3.05) is 11.1 Å². The maximum Gasteiger partial charge on any atom is 0.126 e. The number of anilines is 2. The van der Waals surface area contributed by atoms with Crippen LogP contribution in [0.1, 0.15) is 24.5 Å². The Bertz CT molecular complexity index is 522. The summed E-state index contributed by atoms with van der Waals surface area (Å²) in [4.78, 5) is 0. The summed E-state index contributed by atoms with van der Waals surface area (Å²) in [5, 5.41) is 3.37. The Labute approximate surface area is 109 Å². The molecule has 0 radical (unpaired) electrons. The molecule has 1 aromatic carbocycles. The normalized spacial score (nSPS) is 12.4. The standard InChI is InChI=1S/C13H15BrN2O/c1-8-3-6-13(17-8)9(2)16-12-5-4-10(15)7-11(12)14/h3-7,9,16H,15H2,1-2H3. The molecule has 0 saturated heterocycles. The third-order valence-corrected chi connectivity index (χ3v) is 3.21. The van der Waals surface area contributed by atoms with Crippen LogP contribution >= 0.6 is 15.9 Å². The fraction of sp³-hybridized carbons (Fsp3) is 0.231. The quantitative estimate of drug-likeness (QED) is 0.838. The lowest BCUT2D eigenvalue weighted by molar-refractivity contribution is 0.467. The molecule has 0 saturated carbocycles. The topological polar surface area (TPSA) is 51.2 Å². The summed E-state index contributed by atoms with van der Waals surface area (Å²) in [5.41, 5.74) is 7.44. The van der Waals surface area contributed by atoms with Gasteiger partial charge in [0.1, 0.15) is 11.5 Å². The number of rotatable bonds is 3. The van der Waals surface area contributed by atoms with E-state index < -0.39 is 0 Å². The summed E-state index contributed by atoms with van der Waals surface area (Å²) in [6.45, 7) is 4.00. The molecule has 0 aliphatic rings. The number of nitrogens with two attached hydrogens (primary N) is 1. The van der Waals surface area contributed by atoms with Crippen molar-refractivity contribution in [2.45, 2.75) is 19.9 Å². The highest BCUT2D eigenvalue weighted by molar-refractivity contribution is 9.10. The molecule has 1 heterocycles. The molecule has 0 bridgehead atoms. The molecular formula is C13H15BrN2O. The van der Waals surface area contributed by atoms with Crippen molar-refractivity contribution >= 4 is 27.3 Å². The average Bonchev–Trinajstić information content (AvgIpc) is 2.69. The van der Waals surface area contributed by atoms with Crippen LogP contribution in [0.4, 0.5) is 11.4 Å². The van der Waals surface area contributed by atoms with Crippen molar-refractivity contribution < 1.29 is 4.42 Å². The largest absolute Gasteiger partial charge is 0.464 e. The van der Waals surface area contributed by atoms with E-state index in [9.17, 15) is 0 Å². The van der Waals surface area contributed by atoms with Crippen molar-refractivity contribution in [1.82, 2.24) is 0 Å². The Morgan fingerprint density at radius 1 is 1.29 bits per heavy atom. The molecule has 1 unspecified atom stereocenters. The van der Waals surface area contributed by atoms with Crippen LogP contribution in [0.3, 0.4) is 0 Å². The van der Waals surface area contributed by atoms with Crippen molar-refractivity contribution in [2.24, 2.45) is 0 Å². The maximum absolute atomic E-state index is 5.70. The second-order valence-electron chi connectivity index (χ2n) is 4.05. The van der Waals surface area contributed by atoms with E-state index in [1.54, 1.807) is 0 Å². The molecule has 1 atom stereocenters. The summed E-state index contributed by atoms with van der Waals surface area (Å²) < 4.78 is 6.53. The first-order valence-corrected chi connectivity index (χ1v) is 6.23. The second-order valence-corrected chi connectivity index (χ2v) is 4.91. The van der Waals surface area contributed by atoms with E-state index in [2.05, 4.69) is 28.2 Å². The number of nitrogen functional groups attached to an aromatic ring is 1. The molecule has 1 aromatic heterocycles. The lowest BCUT2D eigenvalue weighted by Crippen LogP contribution is -2.06. The molecule has 0 spiro atoms. The van der Waals surface area contributed by atoms with Gasteiger partial charge in [-0.1, -0.05) is 0 Å². The summed E-state index contributed by atoms with van der Waals surface area (Å²) in [6.07, 6.45) is 0. The third kappa shape index (κ3) is 2.82. The predicted molar refractivity (Wildman–Crippen MR) is 74.0 cm³/mol. The second kappa shape index (κ2) is 4.84. The first-order valence-electron chi connectivity index (χ1n) is 5.44. The molecule has 90 valence electrons. The highest BCUT2D eigenvalue weighted by Crippen LogP contribution is 2.28. The fourth-order valence-corrected chi connectivity index (χ4v) is 2.15. The Morgan fingerprint density at radius 3 is 2.65 bits per heavy atom. The average molecular weight is 295 g/mol. The van der Waals surface area contributed by atoms with E-state index in [1.165, 1.54) is 0 Å². The van der Waals surface area contributed by atoms with Crippen molar-refractivity contribution in [3.05, 3.63) is 46.3 Å². The van der Waals surface area contributed by atoms with Gasteiger partial charge in [-0.05, 0) is 60.1 Å². The number of hydrogen-bond acceptors (Lipinski definition) is 3. The van der Waals surface area contributed by atoms with Gasteiger partial charge < -0.3 is 15.5 Å². The van der Waals surface area contributed by atoms with Gasteiger partial charge in [-0.2, -0.15) is 0 Å². The van der Waals surface area contributed by atoms with E-state index in [0.717, 1.165) is 27.4 Å². The molecular weight excluding hydrogens is 280 g/mol. The first-order chi connectivity index (χ1) is 8.06. The Hall–Kier alpha value is -1.42. The minimum Gasteiger partial charge on any atom is -0.464 e. The van der Waals surface area contributed by atoms with Crippen molar-refractivity contribution in [3.63, 3.8) is 0 Å². The molecule has 0 fully saturated rings. The van der Waals surface area contributed by atoms with Crippen LogP contribution in [0.15, 0.2) is 39.2 Å². The SMILES string of the molecule is Cc1ccc(C(C)Nc2ccc(N)cc2Br)o1. The zero-order chi connectivity index (χ0) is 12.4. The van der Waals surface area contributed by atoms with Crippen LogP contribution in [0.25, 0.3) is 0 Å². The lowest BCUT2D eigenvalue weighted by Gasteiger charge is -2.14. The minimum atomic E-state index is 0.114. The number of benzene rings is 1. The van der Waals surface area contributed by atoms with Crippen LogP contribution in [-0.2, 0) is 0 Å². The Balaban J connectivity index is 2.15. The number of halogens is 1. The van der Waals surface area contributed by atoms with Gasteiger partial charge in [0, 0.05) is 15.8 Å². The van der Waals surface area contributed by atoms with Gasteiger partial charge >= 0.3 is 0 Å². The summed E-state index contributed by atoms with van der Waals surface area (Å²) in [5.74, 6) is 1.84. The molecule has 17 heavy (non-hydrogen) atoms. The van der Waals surface area contributed by atoms with Crippen LogP contribution in [0.2, 0.25) is 0 Å². The van der Waals surface area contributed by atoms with E-state index in [4.69, 9.17) is 10.2 Å². The minimum absolute atomic E-state index is 0.114. The lowest BCUT2D eigenvalue weighted by atomic mass is 10.2. The smallest absolute Gasteiger partial charge is 0.126 e. The van der Waals surface area contributed by atoms with Gasteiger partial charge in [0.05, 0.1) is 6.04 Å². The molecule has 3 nitrogen and oxygen atoms in total. The van der Waals surface area contributed by atoms with E-state index in [-0.39, 0.29) is 6.04 Å². The van der Waals surface area contributed by atoms with Gasteiger partial charge in [-0.15, -0.1) is 0 Å². The number of nitrogens with one attached hydrogen (secondary N) is 1. The van der Waals surface area contributed by atoms with Gasteiger partial charge in [0.2, 0.25) is 0 Å². The Kier molecular flexibility index (Phi) is 3.43. The zero-order valence-corrected chi connectivity index (χ0v) is 11.4. The summed E-state index contributed by atoms with van der Waals surface area (Å²) in [6, 6.07) is 9.76. The molecule has 0 aliphatic heterocycles. The van der Waals surface area contributed by atoms with Crippen molar-refractivity contribution in [1.29, 1.82) is 0 Å². The van der Waals surface area contributed by atoms with Gasteiger partial charge in [-0.3, -0.25) is 0 Å². The van der Waals surface area contributed by atoms with E-state index in [1.807, 2.05) is 37.3 Å². The molecule has 2 aromatic rings. The highest BCUT2D eigenvalue weighted by atomic mass is 79.9. The van der Waals surface area contributed by atoms with Crippen LogP contribution < -0.4 is 11.1 Å². The monoisotopic (exact) mass is 294 g/mol. The summed E-state index contributed by atoms with van der Waals surface area (Å²) in [7, 11) is 0. The fourth-order valence-electron chi connectivity index (χ4n) is 1.64. The molecule has 0 amide bonds. The van der Waals surface area contributed by atoms with Crippen molar-refractivity contribution in [3.8, 4) is 0 Å². The van der Waals surface area contributed by atoms with Gasteiger partial charge in [0.25, 0.3) is 0 Å². The van der Waals surface area contributed by atoms with Crippen LogP contribution in [-0.4, -0.2) is 0 Å². The number of hydrogen-bond donors (Lipinski definition) is 2. The Morgan fingerprint density at radius 2 is 2.06 bits per heavy atom. The number of furan rings is 1. The number of aryl methyl sites for hydroxylation is 1. The van der Waals surface area contributed by atoms with E-state index >= 15 is 0 Å². The highest BCUT2D eigenvalue weighted by Gasteiger charge is 2.10. The van der Waals surface area contributed by atoms with Crippen LogP contribution in [0.5, 0.6) is 0 Å². The summed E-state index contributed by atoms with van der Waals surface area (Å²) >= 11 is 3.48. The third-order valence-electron chi connectivity index (χ3n) is 2.55. The van der Waals surface area contributed by atoms with E-state index in [0.29, 0.717) is 0 Å².